The monoisotopic (exact) mass is 323 g/mol. The van der Waals surface area contributed by atoms with Crippen molar-refractivity contribution in [2.75, 3.05) is 12.0 Å². The first kappa shape index (κ1) is 14.0. The van der Waals surface area contributed by atoms with Gasteiger partial charge in [0.1, 0.15) is 0 Å². The highest BCUT2D eigenvalue weighted by Crippen LogP contribution is 2.73. The topological polar surface area (TPSA) is 63.7 Å². The molecule has 1 aromatic carbocycles. The van der Waals surface area contributed by atoms with Crippen LogP contribution in [0.4, 0.5) is 5.69 Å². The Hall–Kier alpha value is -2.43. The molecule has 24 heavy (non-hydrogen) atoms. The molecule has 4 aliphatic rings. The van der Waals surface area contributed by atoms with Gasteiger partial charge in [0.05, 0.1) is 30.2 Å². The lowest BCUT2D eigenvalue weighted by atomic mass is 9.85. The van der Waals surface area contributed by atoms with Crippen molar-refractivity contribution >= 4 is 23.5 Å². The van der Waals surface area contributed by atoms with Crippen LogP contribution in [0.15, 0.2) is 36.4 Å². The second-order valence-corrected chi connectivity index (χ2v) is 7.27. The predicted octanol–water partition coefficient (Wildman–Crippen LogP) is 2.17. The fraction of sp³-hybridized carbons (Fsp3) is 0.421. The molecule has 2 saturated carbocycles. The summed E-state index contributed by atoms with van der Waals surface area (Å²) in [4.78, 5) is 39.0. The quantitative estimate of drug-likeness (QED) is 0.475. The highest BCUT2D eigenvalue weighted by molar-refractivity contribution is 6.23. The molecule has 1 aromatic rings. The summed E-state index contributed by atoms with van der Waals surface area (Å²) < 4.78 is 4.72. The van der Waals surface area contributed by atoms with Gasteiger partial charge >= 0.3 is 5.97 Å². The number of fused-ring (bicyclic) bond motifs is 3. The molecule has 1 heterocycles. The number of allylic oxidation sites excluding steroid dienone is 2. The molecule has 1 saturated heterocycles. The van der Waals surface area contributed by atoms with E-state index in [0.29, 0.717) is 11.3 Å². The summed E-state index contributed by atoms with van der Waals surface area (Å²) in [5.74, 6) is -0.746. The number of rotatable bonds is 2. The van der Waals surface area contributed by atoms with Crippen LogP contribution < -0.4 is 4.90 Å². The Morgan fingerprint density at radius 2 is 1.75 bits per heavy atom. The van der Waals surface area contributed by atoms with Gasteiger partial charge in [0.2, 0.25) is 11.8 Å². The molecule has 5 rings (SSSR count). The number of imide groups is 1. The molecule has 122 valence electrons. The van der Waals surface area contributed by atoms with Crippen LogP contribution in [0, 0.1) is 29.1 Å². The lowest BCUT2D eigenvalue weighted by Crippen LogP contribution is -2.34. The molecule has 5 heteroatoms. The fourth-order valence-electron chi connectivity index (χ4n) is 5.22. The molecule has 4 atom stereocenters. The van der Waals surface area contributed by atoms with Crippen molar-refractivity contribution in [2.45, 2.75) is 12.8 Å². The van der Waals surface area contributed by atoms with Gasteiger partial charge in [-0.25, -0.2) is 9.69 Å². The molecule has 3 aliphatic carbocycles. The number of esters is 1. The van der Waals surface area contributed by atoms with Gasteiger partial charge in [-0.1, -0.05) is 18.2 Å². The van der Waals surface area contributed by atoms with Gasteiger partial charge < -0.3 is 4.74 Å². The number of amides is 2. The first-order chi connectivity index (χ1) is 11.6. The van der Waals surface area contributed by atoms with Gasteiger partial charge in [0.15, 0.2) is 0 Å². The van der Waals surface area contributed by atoms with Crippen LogP contribution in [0.1, 0.15) is 23.2 Å². The number of benzene rings is 1. The molecular formula is C19H17NO4. The maximum atomic E-state index is 13.0. The highest BCUT2D eigenvalue weighted by Gasteiger charge is 2.73. The van der Waals surface area contributed by atoms with E-state index in [9.17, 15) is 14.4 Å². The number of anilines is 1. The summed E-state index contributed by atoms with van der Waals surface area (Å²) in [6, 6.07) is 6.55. The average Bonchev–Trinajstić information content (AvgIpc) is 3.19. The van der Waals surface area contributed by atoms with Crippen molar-refractivity contribution in [1.82, 2.24) is 0 Å². The second-order valence-electron chi connectivity index (χ2n) is 7.27. The molecule has 0 N–H and O–H groups in total. The highest BCUT2D eigenvalue weighted by atomic mass is 16.5. The molecule has 5 nitrogen and oxygen atoms in total. The smallest absolute Gasteiger partial charge is 0.337 e. The van der Waals surface area contributed by atoms with Crippen LogP contribution in [-0.4, -0.2) is 24.9 Å². The molecule has 1 aliphatic heterocycles. The van der Waals surface area contributed by atoms with Crippen LogP contribution >= 0.6 is 0 Å². The van der Waals surface area contributed by atoms with Gasteiger partial charge in [-0.2, -0.15) is 0 Å². The Morgan fingerprint density at radius 3 is 2.29 bits per heavy atom. The van der Waals surface area contributed by atoms with Crippen molar-refractivity contribution in [3.05, 3.63) is 42.0 Å². The zero-order valence-corrected chi connectivity index (χ0v) is 13.3. The zero-order chi connectivity index (χ0) is 16.6. The third kappa shape index (κ3) is 1.48. The molecule has 3 fully saturated rings. The molecule has 1 spiro atoms. The average molecular weight is 323 g/mol. The Balaban J connectivity index is 1.53. The van der Waals surface area contributed by atoms with Gasteiger partial charge in [-0.05, 0) is 48.3 Å². The number of hydrogen-bond acceptors (Lipinski definition) is 4. The van der Waals surface area contributed by atoms with E-state index in [1.165, 1.54) is 12.0 Å². The van der Waals surface area contributed by atoms with Crippen LogP contribution in [-0.2, 0) is 14.3 Å². The van der Waals surface area contributed by atoms with Crippen molar-refractivity contribution in [3.63, 3.8) is 0 Å². The van der Waals surface area contributed by atoms with E-state index >= 15 is 0 Å². The van der Waals surface area contributed by atoms with E-state index in [1.54, 1.807) is 24.3 Å². The normalized spacial score (nSPS) is 34.1. The number of methoxy groups -OCH3 is 1. The molecule has 0 aromatic heterocycles. The Labute approximate surface area is 139 Å². The van der Waals surface area contributed by atoms with E-state index in [2.05, 4.69) is 12.2 Å². The first-order valence-corrected chi connectivity index (χ1v) is 8.33. The fourth-order valence-corrected chi connectivity index (χ4v) is 5.22. The minimum atomic E-state index is -0.477. The van der Waals surface area contributed by atoms with Gasteiger partial charge in [-0.15, -0.1) is 0 Å². The van der Waals surface area contributed by atoms with E-state index in [-0.39, 0.29) is 40.9 Å². The van der Waals surface area contributed by atoms with Crippen molar-refractivity contribution in [2.24, 2.45) is 29.1 Å². The summed E-state index contributed by atoms with van der Waals surface area (Å²) in [5.41, 5.74) is 1.000. The first-order valence-electron chi connectivity index (χ1n) is 8.33. The third-order valence-electron chi connectivity index (χ3n) is 6.38. The lowest BCUT2D eigenvalue weighted by Gasteiger charge is -2.22. The molecule has 0 unspecified atom stereocenters. The Kier molecular flexibility index (Phi) is 2.53. The van der Waals surface area contributed by atoms with Crippen LogP contribution in [0.2, 0.25) is 0 Å². The summed E-state index contributed by atoms with van der Waals surface area (Å²) in [6.07, 6.45) is 6.55. The van der Waals surface area contributed by atoms with Crippen molar-refractivity contribution < 1.29 is 19.1 Å². The number of ether oxygens (including phenoxy) is 1. The molecule has 0 radical (unpaired) electrons. The van der Waals surface area contributed by atoms with Gasteiger partial charge in [0.25, 0.3) is 0 Å². The Morgan fingerprint density at radius 1 is 1.12 bits per heavy atom. The van der Waals surface area contributed by atoms with E-state index < -0.39 is 5.97 Å². The molecule has 2 amide bonds. The Bertz CT molecular complexity index is 788. The lowest BCUT2D eigenvalue weighted by molar-refractivity contribution is -0.123. The minimum absolute atomic E-state index is 0.116. The van der Waals surface area contributed by atoms with E-state index in [1.807, 2.05) is 0 Å². The maximum absolute atomic E-state index is 13.0. The molecule has 2 bridgehead atoms. The largest absolute Gasteiger partial charge is 0.465 e. The maximum Gasteiger partial charge on any atom is 0.337 e. The van der Waals surface area contributed by atoms with Crippen molar-refractivity contribution in [3.8, 4) is 0 Å². The standard InChI is InChI=1S/C19H17NO4/c1-24-18(23)10-3-2-4-11(9-10)20-16(21)14-12-5-6-13(15(14)17(20)22)19(12)7-8-19/h2-6,9,12-15H,7-8H2,1H3/t12-,13-,14-,15-/m1/s1. The number of carbonyl (C=O) groups excluding carboxylic acids is 3. The van der Waals surface area contributed by atoms with Crippen LogP contribution in [0.3, 0.4) is 0 Å². The van der Waals surface area contributed by atoms with E-state index in [0.717, 1.165) is 12.8 Å². The van der Waals surface area contributed by atoms with Crippen LogP contribution in [0.25, 0.3) is 0 Å². The number of nitrogens with zero attached hydrogens (tertiary/aromatic N) is 1. The summed E-state index contributed by atoms with van der Waals surface area (Å²) >= 11 is 0. The van der Waals surface area contributed by atoms with Gasteiger partial charge in [0, 0.05) is 0 Å². The van der Waals surface area contributed by atoms with Gasteiger partial charge in [-0.3, -0.25) is 9.59 Å². The SMILES string of the molecule is COC(=O)c1cccc(N2C(=O)[C@H]3[C@H](C2=O)[C@H]2C=C[C@H]3C23CC3)c1. The number of hydrogen-bond donors (Lipinski definition) is 0. The second kappa shape index (κ2) is 4.35. The number of carbonyl (C=O) groups is 3. The zero-order valence-electron chi connectivity index (χ0n) is 13.3. The van der Waals surface area contributed by atoms with Crippen LogP contribution in [0.5, 0.6) is 0 Å². The van der Waals surface area contributed by atoms with Crippen molar-refractivity contribution in [1.29, 1.82) is 0 Å². The minimum Gasteiger partial charge on any atom is -0.465 e. The van der Waals surface area contributed by atoms with E-state index in [4.69, 9.17) is 4.74 Å². The summed E-state index contributed by atoms with van der Waals surface area (Å²) in [6.45, 7) is 0. The summed E-state index contributed by atoms with van der Waals surface area (Å²) in [5, 5.41) is 0. The third-order valence-corrected chi connectivity index (χ3v) is 6.38. The molecular weight excluding hydrogens is 306 g/mol. The summed E-state index contributed by atoms with van der Waals surface area (Å²) in [7, 11) is 1.31. The predicted molar refractivity (Wildman–Crippen MR) is 85.0 cm³/mol.